The third-order valence-electron chi connectivity index (χ3n) is 9.70. The quantitative estimate of drug-likeness (QED) is 0.291. The maximum Gasteiger partial charge on any atom is 0.251 e. The molecule has 3 heterocycles. The zero-order valence-electron chi connectivity index (χ0n) is 25.5. The Labute approximate surface area is 269 Å². The Morgan fingerprint density at radius 2 is 1.80 bits per heavy atom. The summed E-state index contributed by atoms with van der Waals surface area (Å²) >= 11 is 8.23. The molecular formula is C35H42ClN3O4S. The highest BCUT2D eigenvalue weighted by atomic mass is 35.5. The van der Waals surface area contributed by atoms with Gasteiger partial charge in [0.1, 0.15) is 6.04 Å². The lowest BCUT2D eigenvalue weighted by Gasteiger charge is -2.41. The second-order valence-electron chi connectivity index (χ2n) is 12.1. The van der Waals surface area contributed by atoms with Crippen LogP contribution >= 0.6 is 23.4 Å². The average Bonchev–Trinajstić information content (AvgIpc) is 3.68. The minimum Gasteiger partial charge on any atom is -0.394 e. The van der Waals surface area contributed by atoms with Crippen molar-refractivity contribution in [3.63, 3.8) is 0 Å². The molecule has 0 aromatic heterocycles. The van der Waals surface area contributed by atoms with Gasteiger partial charge in [0.25, 0.3) is 5.91 Å². The molecule has 3 aliphatic heterocycles. The normalized spacial score (nSPS) is 26.6. The van der Waals surface area contributed by atoms with Crippen LogP contribution in [0, 0.1) is 17.8 Å². The number of nitrogens with zero attached hydrogens (tertiary/aromatic N) is 3. The van der Waals surface area contributed by atoms with Gasteiger partial charge < -0.3 is 19.8 Å². The van der Waals surface area contributed by atoms with Crippen LogP contribution in [-0.2, 0) is 20.9 Å². The zero-order chi connectivity index (χ0) is 31.6. The Balaban J connectivity index is 1.59. The molecule has 44 heavy (non-hydrogen) atoms. The molecule has 1 N–H and O–H groups in total. The van der Waals surface area contributed by atoms with E-state index in [1.807, 2.05) is 56.3 Å². The molecule has 2 unspecified atom stereocenters. The van der Waals surface area contributed by atoms with E-state index in [1.54, 1.807) is 50.7 Å². The molecule has 0 aliphatic carbocycles. The zero-order valence-corrected chi connectivity index (χ0v) is 27.1. The molecule has 2 bridgehead atoms. The first-order chi connectivity index (χ1) is 21.2. The highest BCUT2D eigenvalue weighted by molar-refractivity contribution is 8.02. The van der Waals surface area contributed by atoms with E-state index in [4.69, 9.17) is 11.6 Å². The van der Waals surface area contributed by atoms with Gasteiger partial charge in [-0.3, -0.25) is 14.4 Å². The van der Waals surface area contributed by atoms with Crippen LogP contribution in [-0.4, -0.2) is 74.4 Å². The van der Waals surface area contributed by atoms with E-state index in [0.717, 1.165) is 18.4 Å². The van der Waals surface area contributed by atoms with E-state index in [2.05, 4.69) is 13.2 Å². The number of amides is 3. The predicted molar refractivity (Wildman–Crippen MR) is 177 cm³/mol. The van der Waals surface area contributed by atoms with Gasteiger partial charge in [-0.05, 0) is 36.5 Å². The largest absolute Gasteiger partial charge is 0.394 e. The van der Waals surface area contributed by atoms with Gasteiger partial charge in [0.05, 0.1) is 39.9 Å². The lowest BCUT2D eigenvalue weighted by atomic mass is 9.70. The SMILES string of the molecule is C=CCN(Cc1ccccc1)C(=O)[C@@H]1[C@@H]2CCC3(S2)C(C(=O)N(CC=C)c2ccccc2Cl)N([C@@H](CO)[C@@H](C)CC)C(=O)[C@H]13. The molecule has 3 saturated heterocycles. The maximum atomic E-state index is 14.9. The Kier molecular flexibility index (Phi) is 9.93. The number of aliphatic hydroxyl groups is 1. The minimum absolute atomic E-state index is 0.0608. The number of thioether (sulfide) groups is 1. The number of hydrogen-bond donors (Lipinski definition) is 1. The molecule has 5 rings (SSSR count). The van der Waals surface area contributed by atoms with Crippen LogP contribution in [0.5, 0.6) is 0 Å². The number of fused-ring (bicyclic) bond motifs is 1. The summed E-state index contributed by atoms with van der Waals surface area (Å²) in [5.74, 6) is -1.87. The van der Waals surface area contributed by atoms with E-state index in [-0.39, 0.29) is 42.0 Å². The number of likely N-dealkylation sites (tertiary alicyclic amines) is 1. The van der Waals surface area contributed by atoms with Crippen molar-refractivity contribution in [2.45, 2.75) is 61.7 Å². The molecule has 7 nitrogen and oxygen atoms in total. The third kappa shape index (κ3) is 5.50. The van der Waals surface area contributed by atoms with Crippen molar-refractivity contribution < 1.29 is 19.5 Å². The number of para-hydroxylation sites is 1. The highest BCUT2D eigenvalue weighted by Gasteiger charge is 2.74. The van der Waals surface area contributed by atoms with Gasteiger partial charge in [0.15, 0.2) is 0 Å². The number of halogens is 1. The van der Waals surface area contributed by atoms with Crippen LogP contribution in [0.2, 0.25) is 5.02 Å². The van der Waals surface area contributed by atoms with Crippen molar-refractivity contribution in [3.8, 4) is 0 Å². The second kappa shape index (κ2) is 13.5. The topological polar surface area (TPSA) is 81.2 Å². The van der Waals surface area contributed by atoms with Gasteiger partial charge in [-0.1, -0.05) is 86.5 Å². The molecule has 3 amide bonds. The lowest BCUT2D eigenvalue weighted by molar-refractivity contribution is -0.146. The van der Waals surface area contributed by atoms with Crippen molar-refractivity contribution in [3.05, 3.63) is 90.5 Å². The van der Waals surface area contributed by atoms with Crippen LogP contribution < -0.4 is 4.90 Å². The molecule has 0 radical (unpaired) electrons. The Bertz CT molecular complexity index is 1410. The summed E-state index contributed by atoms with van der Waals surface area (Å²) in [5, 5.41) is 11.0. The Hall–Kier alpha value is -3.07. The van der Waals surface area contributed by atoms with Crippen LogP contribution in [0.1, 0.15) is 38.7 Å². The summed E-state index contributed by atoms with van der Waals surface area (Å²) in [4.78, 5) is 49.1. The molecule has 3 aliphatic rings. The average molecular weight is 636 g/mol. The number of carbonyl (C=O) groups is 3. The number of benzene rings is 2. The van der Waals surface area contributed by atoms with E-state index in [0.29, 0.717) is 30.2 Å². The van der Waals surface area contributed by atoms with Gasteiger partial charge in [0, 0.05) is 24.9 Å². The predicted octanol–water partition coefficient (Wildman–Crippen LogP) is 5.57. The van der Waals surface area contributed by atoms with Gasteiger partial charge in [-0.2, -0.15) is 0 Å². The number of hydrogen-bond acceptors (Lipinski definition) is 5. The van der Waals surface area contributed by atoms with Crippen LogP contribution in [0.3, 0.4) is 0 Å². The first-order valence-corrected chi connectivity index (χ1v) is 16.7. The summed E-state index contributed by atoms with van der Waals surface area (Å²) in [6.07, 6.45) is 5.46. The van der Waals surface area contributed by atoms with Crippen LogP contribution in [0.4, 0.5) is 5.69 Å². The van der Waals surface area contributed by atoms with Gasteiger partial charge in [-0.15, -0.1) is 24.9 Å². The van der Waals surface area contributed by atoms with Gasteiger partial charge >= 0.3 is 0 Å². The number of anilines is 1. The van der Waals surface area contributed by atoms with Gasteiger partial charge in [0.2, 0.25) is 11.8 Å². The molecule has 9 heteroatoms. The first-order valence-electron chi connectivity index (χ1n) is 15.4. The maximum absolute atomic E-state index is 14.9. The summed E-state index contributed by atoms with van der Waals surface area (Å²) in [5.41, 5.74) is 1.54. The fourth-order valence-corrected chi connectivity index (χ4v) is 9.91. The van der Waals surface area contributed by atoms with Gasteiger partial charge in [-0.25, -0.2) is 0 Å². The summed E-state index contributed by atoms with van der Waals surface area (Å²) in [6, 6.07) is 15.5. The lowest BCUT2D eigenvalue weighted by Crippen LogP contribution is -2.58. The molecule has 3 fully saturated rings. The fourth-order valence-electron chi connectivity index (χ4n) is 7.48. The molecule has 7 atom stereocenters. The van der Waals surface area contributed by atoms with E-state index in [9.17, 15) is 19.5 Å². The molecular weight excluding hydrogens is 594 g/mol. The third-order valence-corrected chi connectivity index (χ3v) is 12.0. The monoisotopic (exact) mass is 635 g/mol. The molecule has 2 aromatic rings. The van der Waals surface area contributed by atoms with Crippen molar-refractivity contribution in [2.75, 3.05) is 24.6 Å². The molecule has 0 saturated carbocycles. The van der Waals surface area contributed by atoms with Crippen molar-refractivity contribution >= 4 is 46.8 Å². The smallest absolute Gasteiger partial charge is 0.251 e. The van der Waals surface area contributed by atoms with Crippen molar-refractivity contribution in [1.29, 1.82) is 0 Å². The summed E-state index contributed by atoms with van der Waals surface area (Å²) in [6.45, 7) is 12.5. The molecule has 1 spiro atoms. The van der Waals surface area contributed by atoms with Crippen molar-refractivity contribution in [1.82, 2.24) is 9.80 Å². The van der Waals surface area contributed by atoms with E-state index < -0.39 is 28.7 Å². The standard InChI is InChI=1S/C35H42ClN3O4S/c1-5-19-37(21-24-13-9-8-10-14-24)32(41)29-28-17-18-35(44-28)30(29)33(42)39(27(22-40)23(4)7-3)31(35)34(43)38(20-6-2)26-16-12-11-15-25(26)36/h5-6,8-16,23,27-31,40H,1-2,7,17-22H2,3-4H3/t23-,27-,28-,29+,30-,31?,35?/m0/s1. The van der Waals surface area contributed by atoms with Crippen LogP contribution in [0.25, 0.3) is 0 Å². The Morgan fingerprint density at radius 3 is 2.43 bits per heavy atom. The number of aliphatic hydroxyl groups excluding tert-OH is 1. The summed E-state index contributed by atoms with van der Waals surface area (Å²) < 4.78 is -0.798. The van der Waals surface area contributed by atoms with E-state index in [1.165, 1.54) is 0 Å². The first kappa shape index (κ1) is 32.3. The molecule has 2 aromatic carbocycles. The minimum atomic E-state index is -0.864. The number of carbonyl (C=O) groups excluding carboxylic acids is 3. The molecule has 234 valence electrons. The second-order valence-corrected chi connectivity index (χ2v) is 14.1. The Morgan fingerprint density at radius 1 is 1.11 bits per heavy atom. The van der Waals surface area contributed by atoms with E-state index >= 15 is 0 Å². The van der Waals surface area contributed by atoms with Crippen molar-refractivity contribution in [2.24, 2.45) is 17.8 Å². The number of rotatable bonds is 13. The van der Waals surface area contributed by atoms with Crippen LogP contribution in [0.15, 0.2) is 79.9 Å². The fraction of sp³-hybridized carbons (Fsp3) is 0.457. The highest BCUT2D eigenvalue weighted by Crippen LogP contribution is 2.67. The summed E-state index contributed by atoms with van der Waals surface area (Å²) in [7, 11) is 0.